The summed E-state index contributed by atoms with van der Waals surface area (Å²) in [6.07, 6.45) is -3.40. The lowest BCUT2D eigenvalue weighted by Gasteiger charge is -2.11. The van der Waals surface area contributed by atoms with Crippen LogP contribution in [0.25, 0.3) is 0 Å². The molecule has 0 amide bonds. The lowest BCUT2D eigenvalue weighted by Crippen LogP contribution is -2.11. The molecule has 0 bridgehead atoms. The highest BCUT2D eigenvalue weighted by Gasteiger charge is 2.34. The molecule has 78 valence electrons. The minimum absolute atomic E-state index is 0.00882. The number of aliphatic hydroxyl groups excluding tert-OH is 1. The van der Waals surface area contributed by atoms with Gasteiger partial charge in [0, 0.05) is 0 Å². The molecule has 1 rings (SSSR count). The average Bonchev–Trinajstić information content (AvgIpc) is 2.15. The van der Waals surface area contributed by atoms with Crippen molar-refractivity contribution in [3.05, 3.63) is 23.5 Å². The molecule has 1 aromatic heterocycles. The minimum atomic E-state index is -4.53. The number of pyridine rings is 1. The van der Waals surface area contributed by atoms with E-state index in [1.165, 1.54) is 7.11 Å². The molecule has 0 unspecified atom stereocenters. The fourth-order valence-electron chi connectivity index (χ4n) is 0.957. The van der Waals surface area contributed by atoms with Gasteiger partial charge in [-0.2, -0.15) is 13.2 Å². The fourth-order valence-corrected chi connectivity index (χ4v) is 0.957. The standard InChI is InChI=1S/C8H8F3NO2/c1-14-5-2-6(8(9,10)11)7(4-13)12-3-5/h2-3,13H,4H2,1H3. The van der Waals surface area contributed by atoms with Crippen molar-refractivity contribution in [2.75, 3.05) is 7.11 Å². The number of nitrogens with zero attached hydrogens (tertiary/aromatic N) is 1. The van der Waals surface area contributed by atoms with Gasteiger partial charge in [-0.3, -0.25) is 4.98 Å². The number of aromatic nitrogens is 1. The highest BCUT2D eigenvalue weighted by Crippen LogP contribution is 2.33. The Bertz CT molecular complexity index is 325. The van der Waals surface area contributed by atoms with Crippen molar-refractivity contribution in [1.82, 2.24) is 4.98 Å². The van der Waals surface area contributed by atoms with Crippen molar-refractivity contribution < 1.29 is 23.0 Å². The first kappa shape index (κ1) is 10.8. The Hall–Kier alpha value is -1.30. The van der Waals surface area contributed by atoms with Gasteiger partial charge in [-0.25, -0.2) is 0 Å². The molecule has 0 aliphatic carbocycles. The Morgan fingerprint density at radius 2 is 2.14 bits per heavy atom. The lowest BCUT2D eigenvalue weighted by atomic mass is 10.2. The largest absolute Gasteiger partial charge is 0.495 e. The molecule has 0 saturated heterocycles. The zero-order chi connectivity index (χ0) is 10.8. The van der Waals surface area contributed by atoms with Crippen LogP contribution in [-0.2, 0) is 12.8 Å². The number of halogens is 3. The van der Waals surface area contributed by atoms with Crippen molar-refractivity contribution in [3.8, 4) is 5.75 Å². The van der Waals surface area contributed by atoms with Gasteiger partial charge in [0.15, 0.2) is 0 Å². The number of hydrogen-bond donors (Lipinski definition) is 1. The third-order valence-corrected chi connectivity index (χ3v) is 1.64. The molecule has 1 aromatic rings. The van der Waals surface area contributed by atoms with Crippen LogP contribution >= 0.6 is 0 Å². The van der Waals surface area contributed by atoms with Crippen molar-refractivity contribution in [2.24, 2.45) is 0 Å². The first-order chi connectivity index (χ1) is 6.49. The maximum atomic E-state index is 12.3. The summed E-state index contributed by atoms with van der Waals surface area (Å²) in [6.45, 7) is -0.751. The smallest absolute Gasteiger partial charge is 0.418 e. The Balaban J connectivity index is 3.22. The lowest BCUT2D eigenvalue weighted by molar-refractivity contribution is -0.139. The zero-order valence-corrected chi connectivity index (χ0v) is 7.30. The van der Waals surface area contributed by atoms with Crippen LogP contribution in [0.15, 0.2) is 12.3 Å². The number of rotatable bonds is 2. The maximum Gasteiger partial charge on any atom is 0.418 e. The zero-order valence-electron chi connectivity index (χ0n) is 7.30. The Morgan fingerprint density at radius 1 is 1.50 bits per heavy atom. The van der Waals surface area contributed by atoms with E-state index < -0.39 is 24.0 Å². The first-order valence-electron chi connectivity index (χ1n) is 3.70. The summed E-state index contributed by atoms with van der Waals surface area (Å²) in [5, 5.41) is 8.64. The van der Waals surface area contributed by atoms with Crippen LogP contribution < -0.4 is 4.74 Å². The van der Waals surface area contributed by atoms with Crippen molar-refractivity contribution in [2.45, 2.75) is 12.8 Å². The molecule has 0 saturated carbocycles. The van der Waals surface area contributed by atoms with Gasteiger partial charge >= 0.3 is 6.18 Å². The second-order valence-corrected chi connectivity index (χ2v) is 2.53. The molecule has 0 aliphatic heterocycles. The summed E-state index contributed by atoms with van der Waals surface area (Å²) < 4.78 is 41.6. The Labute approximate surface area is 78.2 Å². The molecule has 0 fully saturated rings. The van der Waals surface area contributed by atoms with E-state index in [1.54, 1.807) is 0 Å². The summed E-state index contributed by atoms with van der Waals surface area (Å²) in [4.78, 5) is 3.44. The predicted molar refractivity (Wildman–Crippen MR) is 41.7 cm³/mol. The molecule has 0 spiro atoms. The van der Waals surface area contributed by atoms with E-state index in [1.807, 2.05) is 0 Å². The molecule has 0 aromatic carbocycles. The molecule has 0 aliphatic rings. The molecular formula is C8H8F3NO2. The topological polar surface area (TPSA) is 42.4 Å². The summed E-state index contributed by atoms with van der Waals surface area (Å²) >= 11 is 0. The molecule has 3 nitrogen and oxygen atoms in total. The van der Waals surface area contributed by atoms with Crippen LogP contribution in [0.5, 0.6) is 5.75 Å². The van der Waals surface area contributed by atoms with E-state index >= 15 is 0 Å². The Kier molecular flexibility index (Phi) is 2.95. The van der Waals surface area contributed by atoms with Gasteiger partial charge in [0.2, 0.25) is 0 Å². The van der Waals surface area contributed by atoms with Crippen LogP contribution in [0.2, 0.25) is 0 Å². The number of methoxy groups -OCH3 is 1. The van der Waals surface area contributed by atoms with Gasteiger partial charge in [-0.15, -0.1) is 0 Å². The van der Waals surface area contributed by atoms with Gasteiger partial charge in [0.25, 0.3) is 0 Å². The van der Waals surface area contributed by atoms with Crippen LogP contribution in [0.3, 0.4) is 0 Å². The normalized spacial score (nSPS) is 11.5. The van der Waals surface area contributed by atoms with Gasteiger partial charge in [0.05, 0.1) is 31.2 Å². The summed E-state index contributed by atoms with van der Waals surface area (Å²) in [6, 6.07) is 0.804. The van der Waals surface area contributed by atoms with E-state index in [4.69, 9.17) is 5.11 Å². The summed E-state index contributed by atoms with van der Waals surface area (Å²) in [7, 11) is 1.25. The first-order valence-corrected chi connectivity index (χ1v) is 3.70. The van der Waals surface area contributed by atoms with Crippen molar-refractivity contribution in [3.63, 3.8) is 0 Å². The Morgan fingerprint density at radius 3 is 2.57 bits per heavy atom. The van der Waals surface area contributed by atoms with Crippen LogP contribution in [0, 0.1) is 0 Å². The molecule has 1 heterocycles. The van der Waals surface area contributed by atoms with E-state index in [0.29, 0.717) is 0 Å². The van der Waals surface area contributed by atoms with Crippen molar-refractivity contribution in [1.29, 1.82) is 0 Å². The number of hydrogen-bond acceptors (Lipinski definition) is 3. The van der Waals surface area contributed by atoms with E-state index in [0.717, 1.165) is 12.3 Å². The van der Waals surface area contributed by atoms with Crippen LogP contribution in [-0.4, -0.2) is 17.2 Å². The number of aliphatic hydroxyl groups is 1. The van der Waals surface area contributed by atoms with Gasteiger partial charge < -0.3 is 9.84 Å². The average molecular weight is 207 g/mol. The van der Waals surface area contributed by atoms with E-state index in [9.17, 15) is 13.2 Å². The number of alkyl halides is 3. The molecule has 0 atom stereocenters. The molecule has 1 N–H and O–H groups in total. The SMILES string of the molecule is COc1cnc(CO)c(C(F)(F)F)c1. The number of ether oxygens (including phenoxy) is 1. The highest BCUT2D eigenvalue weighted by molar-refractivity contribution is 5.31. The molecule has 0 radical (unpaired) electrons. The van der Waals surface area contributed by atoms with Crippen LogP contribution in [0.4, 0.5) is 13.2 Å². The summed E-state index contributed by atoms with van der Waals surface area (Å²) in [5.41, 5.74) is -1.38. The van der Waals surface area contributed by atoms with Crippen molar-refractivity contribution >= 4 is 0 Å². The minimum Gasteiger partial charge on any atom is -0.495 e. The second-order valence-electron chi connectivity index (χ2n) is 2.53. The van der Waals surface area contributed by atoms with Gasteiger partial charge in [-0.05, 0) is 6.07 Å². The van der Waals surface area contributed by atoms with E-state index in [-0.39, 0.29) is 5.75 Å². The molecule has 6 heteroatoms. The third kappa shape index (κ3) is 2.14. The monoisotopic (exact) mass is 207 g/mol. The molecule has 14 heavy (non-hydrogen) atoms. The maximum absolute atomic E-state index is 12.3. The quantitative estimate of drug-likeness (QED) is 0.800. The second kappa shape index (κ2) is 3.83. The summed E-state index contributed by atoms with van der Waals surface area (Å²) in [5.74, 6) is 0.00882. The molecular weight excluding hydrogens is 199 g/mol. The van der Waals surface area contributed by atoms with Gasteiger partial charge in [-0.1, -0.05) is 0 Å². The fraction of sp³-hybridized carbons (Fsp3) is 0.375. The predicted octanol–water partition coefficient (Wildman–Crippen LogP) is 1.60. The van der Waals surface area contributed by atoms with Gasteiger partial charge in [0.1, 0.15) is 5.75 Å². The third-order valence-electron chi connectivity index (χ3n) is 1.64. The van der Waals surface area contributed by atoms with E-state index in [2.05, 4.69) is 9.72 Å². The van der Waals surface area contributed by atoms with Crippen LogP contribution in [0.1, 0.15) is 11.3 Å². The highest BCUT2D eigenvalue weighted by atomic mass is 19.4.